The van der Waals surface area contributed by atoms with Gasteiger partial charge in [-0.2, -0.15) is 4.31 Å². The zero-order valence-corrected chi connectivity index (χ0v) is 12.3. The van der Waals surface area contributed by atoms with E-state index in [0.717, 1.165) is 23.5 Å². The number of nitrogens with zero attached hydrogens (tertiary/aromatic N) is 1. The number of aryl methyl sites for hydroxylation is 1. The van der Waals surface area contributed by atoms with Crippen molar-refractivity contribution in [2.75, 3.05) is 25.9 Å². The van der Waals surface area contributed by atoms with Crippen LogP contribution in [0.15, 0.2) is 17.0 Å². The van der Waals surface area contributed by atoms with Crippen LogP contribution in [0.4, 0.5) is 10.1 Å². The van der Waals surface area contributed by atoms with Gasteiger partial charge < -0.3 is 10.5 Å². The summed E-state index contributed by atoms with van der Waals surface area (Å²) in [6.07, 6.45) is 0. The predicted molar refractivity (Wildman–Crippen MR) is 72.0 cm³/mol. The van der Waals surface area contributed by atoms with Crippen LogP contribution in [0.25, 0.3) is 0 Å². The molecule has 0 aliphatic carbocycles. The molecule has 1 aromatic rings. The van der Waals surface area contributed by atoms with Gasteiger partial charge in [-0.1, -0.05) is 6.92 Å². The average Bonchev–Trinajstić information content (AvgIpc) is 2.39. The van der Waals surface area contributed by atoms with E-state index in [-0.39, 0.29) is 12.2 Å². The maximum Gasteiger partial charge on any atom is 0.321 e. The number of hydrogen-bond donors (Lipinski definition) is 1. The van der Waals surface area contributed by atoms with E-state index in [9.17, 15) is 17.6 Å². The summed E-state index contributed by atoms with van der Waals surface area (Å²) in [6.45, 7) is 2.63. The molecule has 6 nitrogen and oxygen atoms in total. The standard InChI is InChI=1S/C12H17FN2O4S/c1-4-15(7-12(16)19-3)20(17,18)11-6-10(14)8(2)5-9(11)13/h5-6H,4,7,14H2,1-3H3. The molecule has 0 heterocycles. The Balaban J connectivity index is 3.27. The van der Waals surface area contributed by atoms with Crippen molar-refractivity contribution < 1.29 is 22.3 Å². The molecule has 1 rings (SSSR count). The first-order chi connectivity index (χ1) is 9.23. The second-order valence-electron chi connectivity index (χ2n) is 4.15. The summed E-state index contributed by atoms with van der Waals surface area (Å²) < 4.78 is 43.8. The van der Waals surface area contributed by atoms with E-state index in [0.29, 0.717) is 5.56 Å². The van der Waals surface area contributed by atoms with Crippen molar-refractivity contribution in [1.82, 2.24) is 4.31 Å². The van der Waals surface area contributed by atoms with Gasteiger partial charge in [0.2, 0.25) is 10.0 Å². The minimum Gasteiger partial charge on any atom is -0.468 e. The number of carbonyl (C=O) groups is 1. The number of anilines is 1. The summed E-state index contributed by atoms with van der Waals surface area (Å²) in [7, 11) is -3.00. The molecular weight excluding hydrogens is 287 g/mol. The van der Waals surface area contributed by atoms with Gasteiger partial charge >= 0.3 is 5.97 Å². The number of benzene rings is 1. The minimum atomic E-state index is -4.15. The maximum atomic E-state index is 13.9. The predicted octanol–water partition coefficient (Wildman–Crippen LogP) is 0.900. The number of nitrogen functional groups attached to an aromatic ring is 1. The Morgan fingerprint density at radius 2 is 2.05 bits per heavy atom. The van der Waals surface area contributed by atoms with Crippen molar-refractivity contribution in [1.29, 1.82) is 0 Å². The quantitative estimate of drug-likeness (QED) is 0.645. The van der Waals surface area contributed by atoms with E-state index in [2.05, 4.69) is 4.74 Å². The summed E-state index contributed by atoms with van der Waals surface area (Å²) in [5.41, 5.74) is 6.22. The lowest BCUT2D eigenvalue weighted by atomic mass is 10.2. The molecule has 2 N–H and O–H groups in total. The monoisotopic (exact) mass is 304 g/mol. The second kappa shape index (κ2) is 6.19. The molecule has 0 aromatic heterocycles. The number of halogens is 1. The smallest absolute Gasteiger partial charge is 0.321 e. The summed E-state index contributed by atoms with van der Waals surface area (Å²) in [5.74, 6) is -1.63. The highest BCUT2D eigenvalue weighted by Crippen LogP contribution is 2.24. The molecule has 0 unspecified atom stereocenters. The van der Waals surface area contributed by atoms with Crippen LogP contribution in [0, 0.1) is 12.7 Å². The topological polar surface area (TPSA) is 89.7 Å². The van der Waals surface area contributed by atoms with Crippen LogP contribution < -0.4 is 5.73 Å². The average molecular weight is 304 g/mol. The number of hydrogen-bond acceptors (Lipinski definition) is 5. The van der Waals surface area contributed by atoms with Gasteiger partial charge in [-0.05, 0) is 24.6 Å². The van der Waals surface area contributed by atoms with Crippen LogP contribution in [0.2, 0.25) is 0 Å². The number of esters is 1. The molecular formula is C12H17FN2O4S. The highest BCUT2D eigenvalue weighted by atomic mass is 32.2. The molecule has 0 aliphatic rings. The van der Waals surface area contributed by atoms with Gasteiger partial charge in [-0.25, -0.2) is 12.8 Å². The third-order valence-corrected chi connectivity index (χ3v) is 4.76. The Kier molecular flexibility index (Phi) is 5.07. The third-order valence-electron chi connectivity index (χ3n) is 2.82. The van der Waals surface area contributed by atoms with Crippen molar-refractivity contribution in [2.24, 2.45) is 0 Å². The minimum absolute atomic E-state index is 0.00462. The zero-order valence-electron chi connectivity index (χ0n) is 11.5. The van der Waals surface area contributed by atoms with E-state index in [1.165, 1.54) is 6.92 Å². The fourth-order valence-electron chi connectivity index (χ4n) is 1.58. The SMILES string of the molecule is CCN(CC(=O)OC)S(=O)(=O)c1cc(N)c(C)cc1F. The van der Waals surface area contributed by atoms with Gasteiger partial charge in [0.25, 0.3) is 0 Å². The number of carbonyl (C=O) groups excluding carboxylic acids is 1. The highest BCUT2D eigenvalue weighted by Gasteiger charge is 2.29. The van der Waals surface area contributed by atoms with Gasteiger partial charge in [0.05, 0.1) is 7.11 Å². The number of rotatable bonds is 5. The molecule has 20 heavy (non-hydrogen) atoms. The van der Waals surface area contributed by atoms with Crippen LogP contribution in [-0.2, 0) is 19.6 Å². The Hall–Kier alpha value is -1.67. The lowest BCUT2D eigenvalue weighted by Crippen LogP contribution is -2.36. The van der Waals surface area contributed by atoms with Crippen molar-refractivity contribution in [3.8, 4) is 0 Å². The molecule has 1 aromatic carbocycles. The summed E-state index contributed by atoms with van der Waals surface area (Å²) >= 11 is 0. The van der Waals surface area contributed by atoms with E-state index < -0.39 is 33.3 Å². The summed E-state index contributed by atoms with van der Waals surface area (Å²) in [4.78, 5) is 10.7. The number of ether oxygens (including phenoxy) is 1. The van der Waals surface area contributed by atoms with Gasteiger partial charge in [0, 0.05) is 12.2 Å². The first-order valence-electron chi connectivity index (χ1n) is 5.86. The third kappa shape index (κ3) is 3.26. The van der Waals surface area contributed by atoms with Gasteiger partial charge in [-0.3, -0.25) is 4.79 Å². The molecule has 0 fully saturated rings. The lowest BCUT2D eigenvalue weighted by Gasteiger charge is -2.20. The molecule has 8 heteroatoms. The van der Waals surface area contributed by atoms with Crippen LogP contribution in [0.5, 0.6) is 0 Å². The molecule has 0 bridgehead atoms. The molecule has 0 saturated carbocycles. The van der Waals surface area contributed by atoms with Crippen LogP contribution in [-0.4, -0.2) is 38.9 Å². The largest absolute Gasteiger partial charge is 0.468 e. The molecule has 0 saturated heterocycles. The zero-order chi connectivity index (χ0) is 15.5. The lowest BCUT2D eigenvalue weighted by molar-refractivity contribution is -0.140. The van der Waals surface area contributed by atoms with Crippen molar-refractivity contribution >= 4 is 21.7 Å². The molecule has 0 amide bonds. The Morgan fingerprint density at radius 3 is 2.55 bits per heavy atom. The van der Waals surface area contributed by atoms with E-state index in [1.807, 2.05) is 0 Å². The van der Waals surface area contributed by atoms with Crippen molar-refractivity contribution in [2.45, 2.75) is 18.7 Å². The molecule has 0 aliphatic heterocycles. The first kappa shape index (κ1) is 16.4. The molecule has 0 atom stereocenters. The van der Waals surface area contributed by atoms with Gasteiger partial charge in [-0.15, -0.1) is 0 Å². The number of likely N-dealkylation sites (N-methyl/N-ethyl adjacent to an activating group) is 1. The fourth-order valence-corrected chi connectivity index (χ4v) is 3.06. The molecule has 112 valence electrons. The number of sulfonamides is 1. The van der Waals surface area contributed by atoms with Gasteiger partial charge in [0.1, 0.15) is 17.3 Å². The van der Waals surface area contributed by atoms with E-state index >= 15 is 0 Å². The molecule has 0 radical (unpaired) electrons. The first-order valence-corrected chi connectivity index (χ1v) is 7.30. The maximum absolute atomic E-state index is 13.9. The fraction of sp³-hybridized carbons (Fsp3) is 0.417. The van der Waals surface area contributed by atoms with Crippen molar-refractivity contribution in [3.63, 3.8) is 0 Å². The summed E-state index contributed by atoms with van der Waals surface area (Å²) in [5, 5.41) is 0. The van der Waals surface area contributed by atoms with Crippen molar-refractivity contribution in [3.05, 3.63) is 23.5 Å². The molecule has 0 spiro atoms. The van der Waals surface area contributed by atoms with Crippen LogP contribution in [0.3, 0.4) is 0 Å². The van der Waals surface area contributed by atoms with Crippen LogP contribution in [0.1, 0.15) is 12.5 Å². The van der Waals surface area contributed by atoms with E-state index in [1.54, 1.807) is 6.92 Å². The normalized spacial score (nSPS) is 11.7. The number of methoxy groups -OCH3 is 1. The summed E-state index contributed by atoms with van der Waals surface area (Å²) in [6, 6.07) is 2.11. The second-order valence-corrected chi connectivity index (χ2v) is 6.05. The van der Waals surface area contributed by atoms with E-state index in [4.69, 9.17) is 5.73 Å². The Labute approximate surface area is 117 Å². The Morgan fingerprint density at radius 1 is 1.45 bits per heavy atom. The Bertz CT molecular complexity index is 616. The number of nitrogens with two attached hydrogens (primary N) is 1. The van der Waals surface area contributed by atoms with Crippen LogP contribution >= 0.6 is 0 Å². The van der Waals surface area contributed by atoms with Gasteiger partial charge in [0.15, 0.2) is 0 Å². The highest BCUT2D eigenvalue weighted by molar-refractivity contribution is 7.89.